The lowest BCUT2D eigenvalue weighted by Crippen LogP contribution is -2.24. The van der Waals surface area contributed by atoms with Gasteiger partial charge < -0.3 is 0 Å². The van der Waals surface area contributed by atoms with Crippen LogP contribution >= 0.6 is 0 Å². The van der Waals surface area contributed by atoms with Crippen molar-refractivity contribution in [2.75, 3.05) is 0 Å². The van der Waals surface area contributed by atoms with E-state index in [1.54, 1.807) is 12.1 Å². The highest BCUT2D eigenvalue weighted by Crippen LogP contribution is 2.43. The first-order chi connectivity index (χ1) is 11.4. The van der Waals surface area contributed by atoms with Crippen molar-refractivity contribution in [2.24, 2.45) is 17.8 Å². The summed E-state index contributed by atoms with van der Waals surface area (Å²) in [5.41, 5.74) is 1.60. The first-order valence-corrected chi connectivity index (χ1v) is 9.56. The molecule has 24 heavy (non-hydrogen) atoms. The van der Waals surface area contributed by atoms with Crippen molar-refractivity contribution < 1.29 is 13.2 Å². The molecular weight excluding hydrogens is 309 g/mol. The molecule has 2 aliphatic carbocycles. The average Bonchev–Trinajstić information content (AvgIpc) is 2.55. The molecule has 1 aromatic carbocycles. The molecule has 2 fully saturated rings. The van der Waals surface area contributed by atoms with Crippen LogP contribution in [0.1, 0.15) is 75.3 Å². The van der Waals surface area contributed by atoms with E-state index < -0.39 is 12.6 Å². The van der Waals surface area contributed by atoms with E-state index in [1.165, 1.54) is 56.9 Å². The van der Waals surface area contributed by atoms with Crippen LogP contribution in [-0.4, -0.2) is 6.18 Å². The molecule has 2 aliphatic rings. The van der Waals surface area contributed by atoms with Gasteiger partial charge in [-0.2, -0.15) is 13.2 Å². The minimum Gasteiger partial charge on any atom is -0.171 e. The molecule has 0 atom stereocenters. The molecule has 0 aliphatic heterocycles. The van der Waals surface area contributed by atoms with Gasteiger partial charge in [0.05, 0.1) is 6.42 Å². The number of hydrogen-bond acceptors (Lipinski definition) is 0. The molecule has 0 heterocycles. The molecule has 0 unspecified atom stereocenters. The Morgan fingerprint density at radius 2 is 1.29 bits per heavy atom. The summed E-state index contributed by atoms with van der Waals surface area (Å²) in [7, 11) is 0. The van der Waals surface area contributed by atoms with Gasteiger partial charge in [-0.25, -0.2) is 0 Å². The summed E-state index contributed by atoms with van der Waals surface area (Å²) in [6.45, 7) is 2.37. The van der Waals surface area contributed by atoms with Gasteiger partial charge in [-0.15, -0.1) is 0 Å². The van der Waals surface area contributed by atoms with E-state index in [-0.39, 0.29) is 0 Å². The second-order valence-corrected chi connectivity index (χ2v) is 8.17. The molecule has 0 nitrogen and oxygen atoms in total. The second-order valence-electron chi connectivity index (χ2n) is 8.17. The van der Waals surface area contributed by atoms with Gasteiger partial charge in [-0.3, -0.25) is 0 Å². The van der Waals surface area contributed by atoms with Gasteiger partial charge in [-0.05, 0) is 73.3 Å². The van der Waals surface area contributed by atoms with E-state index in [0.29, 0.717) is 11.5 Å². The third-order valence-electron chi connectivity index (χ3n) is 6.35. The zero-order valence-electron chi connectivity index (χ0n) is 14.6. The maximum atomic E-state index is 12.4. The Balaban J connectivity index is 1.51. The number of halogens is 3. The van der Waals surface area contributed by atoms with Gasteiger partial charge >= 0.3 is 6.18 Å². The molecule has 0 saturated heterocycles. The summed E-state index contributed by atoms with van der Waals surface area (Å²) in [4.78, 5) is 0. The molecular formula is C21H29F3. The molecule has 1 aromatic rings. The predicted octanol–water partition coefficient (Wildman–Crippen LogP) is 6.89. The monoisotopic (exact) mass is 338 g/mol. The zero-order valence-corrected chi connectivity index (χ0v) is 14.6. The Hall–Kier alpha value is -0.990. The lowest BCUT2D eigenvalue weighted by atomic mass is 9.68. The number of alkyl halides is 3. The standard InChI is InChI=1S/C21H29F3/c1-15-2-6-17(7-3-15)19-10-12-20(13-11-19)18-8-4-16(5-9-18)14-21(22,23)24/h4-5,8-9,15,17,19-20H,2-3,6-7,10-14H2,1H3/t15-,17-,19-,20-. The third-order valence-corrected chi connectivity index (χ3v) is 6.35. The molecule has 0 bridgehead atoms. The second kappa shape index (κ2) is 7.49. The smallest absolute Gasteiger partial charge is 0.171 e. The van der Waals surface area contributed by atoms with E-state index in [1.807, 2.05) is 12.1 Å². The lowest BCUT2D eigenvalue weighted by molar-refractivity contribution is -0.127. The molecule has 3 heteroatoms. The topological polar surface area (TPSA) is 0 Å². The third kappa shape index (κ3) is 4.77. The SMILES string of the molecule is C[C@H]1CC[C@H]([C@H]2CC[C@H](c3ccc(CC(F)(F)F)cc3)CC2)CC1. The first-order valence-electron chi connectivity index (χ1n) is 9.56. The van der Waals surface area contributed by atoms with Crippen molar-refractivity contribution in [3.63, 3.8) is 0 Å². The van der Waals surface area contributed by atoms with Gasteiger partial charge in [0.1, 0.15) is 0 Å². The van der Waals surface area contributed by atoms with E-state index in [2.05, 4.69) is 6.92 Å². The van der Waals surface area contributed by atoms with Crippen LogP contribution < -0.4 is 0 Å². The Bertz CT molecular complexity index is 501. The Kier molecular flexibility index (Phi) is 5.56. The fourth-order valence-corrected chi connectivity index (χ4v) is 4.82. The van der Waals surface area contributed by atoms with Gasteiger partial charge in [-0.1, -0.05) is 44.0 Å². The van der Waals surface area contributed by atoms with E-state index in [9.17, 15) is 13.2 Å². The van der Waals surface area contributed by atoms with Gasteiger partial charge in [0.25, 0.3) is 0 Å². The van der Waals surface area contributed by atoms with Crippen LogP contribution in [0.15, 0.2) is 24.3 Å². The fraction of sp³-hybridized carbons (Fsp3) is 0.714. The van der Waals surface area contributed by atoms with Crippen molar-refractivity contribution in [1.82, 2.24) is 0 Å². The van der Waals surface area contributed by atoms with Gasteiger partial charge in [0.15, 0.2) is 0 Å². The highest BCUT2D eigenvalue weighted by Gasteiger charge is 2.31. The van der Waals surface area contributed by atoms with Crippen LogP contribution in [0.2, 0.25) is 0 Å². The first kappa shape index (κ1) is 17.8. The van der Waals surface area contributed by atoms with Crippen molar-refractivity contribution in [3.8, 4) is 0 Å². The molecule has 134 valence electrons. The van der Waals surface area contributed by atoms with Crippen LogP contribution in [0.4, 0.5) is 13.2 Å². The molecule has 0 aromatic heterocycles. The zero-order chi connectivity index (χ0) is 17.2. The lowest BCUT2D eigenvalue weighted by Gasteiger charge is -2.37. The van der Waals surface area contributed by atoms with Crippen LogP contribution in [0, 0.1) is 17.8 Å². The largest absolute Gasteiger partial charge is 0.393 e. The molecule has 0 amide bonds. The summed E-state index contributed by atoms with van der Waals surface area (Å²) in [6, 6.07) is 7.18. The van der Waals surface area contributed by atoms with Gasteiger partial charge in [0, 0.05) is 0 Å². The summed E-state index contributed by atoms with van der Waals surface area (Å²) in [6.07, 6.45) is 5.67. The predicted molar refractivity (Wildman–Crippen MR) is 92.0 cm³/mol. The van der Waals surface area contributed by atoms with Crippen LogP contribution in [0.3, 0.4) is 0 Å². The number of hydrogen-bond donors (Lipinski definition) is 0. The number of benzene rings is 1. The van der Waals surface area contributed by atoms with E-state index in [4.69, 9.17) is 0 Å². The van der Waals surface area contributed by atoms with Crippen LogP contribution in [0.5, 0.6) is 0 Å². The molecule has 3 rings (SSSR count). The molecule has 0 radical (unpaired) electrons. The van der Waals surface area contributed by atoms with E-state index in [0.717, 1.165) is 17.8 Å². The highest BCUT2D eigenvalue weighted by molar-refractivity contribution is 5.26. The quantitative estimate of drug-likeness (QED) is 0.563. The Labute approximate surface area is 143 Å². The summed E-state index contributed by atoms with van der Waals surface area (Å²) >= 11 is 0. The maximum Gasteiger partial charge on any atom is 0.393 e. The van der Waals surface area contributed by atoms with Crippen molar-refractivity contribution in [3.05, 3.63) is 35.4 Å². The normalized spacial score (nSPS) is 31.8. The van der Waals surface area contributed by atoms with Crippen molar-refractivity contribution >= 4 is 0 Å². The van der Waals surface area contributed by atoms with E-state index >= 15 is 0 Å². The van der Waals surface area contributed by atoms with Crippen LogP contribution in [-0.2, 0) is 6.42 Å². The average molecular weight is 338 g/mol. The molecule has 2 saturated carbocycles. The minimum absolute atomic E-state index is 0.372. The van der Waals surface area contributed by atoms with Crippen molar-refractivity contribution in [1.29, 1.82) is 0 Å². The maximum absolute atomic E-state index is 12.4. The summed E-state index contributed by atoms with van der Waals surface area (Å²) < 4.78 is 37.3. The Morgan fingerprint density at radius 1 is 0.792 bits per heavy atom. The minimum atomic E-state index is -4.11. The highest BCUT2D eigenvalue weighted by atomic mass is 19.4. The summed E-state index contributed by atoms with van der Waals surface area (Å²) in [5, 5.41) is 0. The van der Waals surface area contributed by atoms with Gasteiger partial charge in [0.2, 0.25) is 0 Å². The van der Waals surface area contributed by atoms with Crippen molar-refractivity contribution in [2.45, 2.75) is 76.8 Å². The fourth-order valence-electron chi connectivity index (χ4n) is 4.82. The summed E-state index contributed by atoms with van der Waals surface area (Å²) in [5.74, 6) is 3.27. The van der Waals surface area contributed by atoms with Crippen LogP contribution in [0.25, 0.3) is 0 Å². The molecule has 0 spiro atoms. The number of rotatable bonds is 3. The molecule has 0 N–H and O–H groups in total. The Morgan fingerprint density at radius 3 is 1.79 bits per heavy atom.